The maximum atomic E-state index is 14.9. The summed E-state index contributed by atoms with van der Waals surface area (Å²) in [7, 11) is 0. The van der Waals surface area contributed by atoms with Crippen LogP contribution in [0.1, 0.15) is 116 Å². The van der Waals surface area contributed by atoms with Crippen LogP contribution in [0.25, 0.3) is 0 Å². The van der Waals surface area contributed by atoms with E-state index in [1.807, 2.05) is 13.8 Å². The van der Waals surface area contributed by atoms with E-state index < -0.39 is 0 Å². The van der Waals surface area contributed by atoms with Gasteiger partial charge in [-0.15, -0.1) is 0 Å². The zero-order valence-corrected chi connectivity index (χ0v) is 39.0. The molecule has 0 radical (unpaired) electrons. The molecule has 0 N–H and O–H groups in total. The number of amides is 3. The molecule has 3 aromatic rings. The van der Waals surface area contributed by atoms with Crippen LogP contribution in [0.5, 0.6) is 0 Å². The molecule has 0 saturated carbocycles. The van der Waals surface area contributed by atoms with Crippen molar-refractivity contribution in [2.75, 3.05) is 39.3 Å². The molecule has 338 valence electrons. The van der Waals surface area contributed by atoms with E-state index >= 15 is 0 Å². The summed E-state index contributed by atoms with van der Waals surface area (Å²) in [5.74, 6) is 0.697. The predicted molar refractivity (Wildman–Crippen MR) is 250 cm³/mol. The zero-order chi connectivity index (χ0) is 43.9. The van der Waals surface area contributed by atoms with Crippen LogP contribution in [0, 0.1) is 17.8 Å². The van der Waals surface area contributed by atoms with Crippen LogP contribution < -0.4 is 0 Å². The Balaban J connectivity index is 0.876. The van der Waals surface area contributed by atoms with Crippen LogP contribution in [0.4, 0.5) is 0 Å². The lowest BCUT2D eigenvalue weighted by Gasteiger charge is -2.61. The summed E-state index contributed by atoms with van der Waals surface area (Å²) in [6.07, 6.45) is 9.78. The fourth-order valence-electron chi connectivity index (χ4n) is 13.5. The molecule has 6 saturated heterocycles. The van der Waals surface area contributed by atoms with Gasteiger partial charge in [0.2, 0.25) is 17.7 Å². The Labute approximate surface area is 378 Å². The summed E-state index contributed by atoms with van der Waals surface area (Å²) in [5, 5.41) is 0. The zero-order valence-electron chi connectivity index (χ0n) is 39.0. The van der Waals surface area contributed by atoms with Gasteiger partial charge in [0.25, 0.3) is 0 Å². The second-order valence-corrected chi connectivity index (χ2v) is 21.1. The number of benzene rings is 3. The average Bonchev–Trinajstić information content (AvgIpc) is 4.06. The fraction of sp³-hybridized carbons (Fsp3) is 0.611. The van der Waals surface area contributed by atoms with Crippen LogP contribution >= 0.6 is 0 Å². The highest BCUT2D eigenvalue weighted by molar-refractivity contribution is 5.81. The van der Waals surface area contributed by atoms with E-state index in [1.165, 1.54) is 16.7 Å². The van der Waals surface area contributed by atoms with Gasteiger partial charge in [0.15, 0.2) is 0 Å². The first-order chi connectivity index (χ1) is 30.5. The fourth-order valence-corrected chi connectivity index (χ4v) is 13.5. The van der Waals surface area contributed by atoms with E-state index in [2.05, 4.69) is 141 Å². The number of nitrogens with zero attached hydrogens (tertiary/aromatic N) is 6. The quantitative estimate of drug-likeness (QED) is 0.154. The first-order valence-corrected chi connectivity index (χ1v) is 24.7. The van der Waals surface area contributed by atoms with Gasteiger partial charge in [-0.25, -0.2) is 0 Å². The molecule has 8 atom stereocenters. The van der Waals surface area contributed by atoms with Gasteiger partial charge in [0.1, 0.15) is 0 Å². The number of carbonyl (C=O) groups is 3. The number of hydrogen-bond donors (Lipinski definition) is 0. The molecule has 9 rings (SSSR count). The van der Waals surface area contributed by atoms with Crippen LogP contribution in [0.2, 0.25) is 0 Å². The Hall–Kier alpha value is -4.05. The van der Waals surface area contributed by atoms with Crippen LogP contribution in [0.15, 0.2) is 91.0 Å². The topological polar surface area (TPSA) is 70.7 Å². The second-order valence-electron chi connectivity index (χ2n) is 21.1. The molecule has 6 heterocycles. The van der Waals surface area contributed by atoms with Crippen molar-refractivity contribution < 1.29 is 14.4 Å². The van der Waals surface area contributed by atoms with E-state index in [1.54, 1.807) is 0 Å². The summed E-state index contributed by atoms with van der Waals surface area (Å²) >= 11 is 0. The van der Waals surface area contributed by atoms with E-state index in [0.29, 0.717) is 17.9 Å². The summed E-state index contributed by atoms with van der Waals surface area (Å²) in [5.41, 5.74) is 3.55. The molecule has 6 aliphatic heterocycles. The molecule has 0 aliphatic carbocycles. The van der Waals surface area contributed by atoms with Gasteiger partial charge in [0.05, 0.1) is 16.6 Å². The van der Waals surface area contributed by atoms with Gasteiger partial charge < -0.3 is 14.7 Å². The molecule has 9 nitrogen and oxygen atoms in total. The van der Waals surface area contributed by atoms with E-state index in [0.717, 1.165) is 123 Å². The average molecular weight is 855 g/mol. The molecular formula is C54H74N6O3. The number of hydrogen-bond acceptors (Lipinski definition) is 6. The Morgan fingerprint density at radius 1 is 0.508 bits per heavy atom. The van der Waals surface area contributed by atoms with Crippen molar-refractivity contribution in [2.24, 2.45) is 17.8 Å². The van der Waals surface area contributed by atoms with Crippen molar-refractivity contribution in [2.45, 2.75) is 153 Å². The number of carbonyl (C=O) groups excluding carboxylic acids is 3. The van der Waals surface area contributed by atoms with Crippen molar-refractivity contribution in [3.05, 3.63) is 108 Å². The van der Waals surface area contributed by atoms with E-state index in [9.17, 15) is 14.4 Å². The molecule has 3 amide bonds. The second kappa shape index (κ2) is 18.1. The Morgan fingerprint density at radius 3 is 1.25 bits per heavy atom. The third-order valence-electron chi connectivity index (χ3n) is 17.0. The van der Waals surface area contributed by atoms with Crippen molar-refractivity contribution in [1.82, 2.24) is 29.4 Å². The van der Waals surface area contributed by atoms with Gasteiger partial charge >= 0.3 is 0 Å². The largest absolute Gasteiger partial charge is 0.334 e. The lowest BCUT2D eigenvalue weighted by molar-refractivity contribution is -0.161. The minimum Gasteiger partial charge on any atom is -0.334 e. The van der Waals surface area contributed by atoms with Crippen molar-refractivity contribution >= 4 is 17.7 Å². The molecule has 6 fully saturated rings. The number of rotatable bonds is 15. The third kappa shape index (κ3) is 8.07. The van der Waals surface area contributed by atoms with Crippen LogP contribution in [0.3, 0.4) is 0 Å². The minimum atomic E-state index is -0.193. The summed E-state index contributed by atoms with van der Waals surface area (Å²) in [6.45, 7) is 18.7. The van der Waals surface area contributed by atoms with E-state index in [-0.39, 0.29) is 52.4 Å². The Bertz CT molecular complexity index is 2070. The minimum absolute atomic E-state index is 0.0203. The lowest BCUT2D eigenvalue weighted by atomic mass is 9.72. The lowest BCUT2D eigenvalue weighted by Crippen LogP contribution is -2.75. The molecule has 3 spiro atoms. The summed E-state index contributed by atoms with van der Waals surface area (Å²) < 4.78 is 0. The normalized spacial score (nSPS) is 30.6. The maximum Gasteiger partial charge on any atom is 0.225 e. The molecule has 6 aliphatic rings. The maximum absolute atomic E-state index is 14.9. The van der Waals surface area contributed by atoms with Crippen molar-refractivity contribution in [1.29, 1.82) is 0 Å². The van der Waals surface area contributed by atoms with E-state index in [4.69, 9.17) is 0 Å². The molecule has 3 aromatic carbocycles. The Kier molecular flexibility index (Phi) is 12.7. The molecule has 0 bridgehead atoms. The highest BCUT2D eigenvalue weighted by atomic mass is 16.2. The highest BCUT2D eigenvalue weighted by Gasteiger charge is 2.62. The van der Waals surface area contributed by atoms with Gasteiger partial charge in [-0.05, 0) is 87.8 Å². The monoisotopic (exact) mass is 855 g/mol. The van der Waals surface area contributed by atoms with Crippen molar-refractivity contribution in [3.63, 3.8) is 0 Å². The molecule has 0 aromatic heterocycles. The first kappa shape index (κ1) is 44.2. The van der Waals surface area contributed by atoms with Crippen molar-refractivity contribution in [3.8, 4) is 0 Å². The molecule has 9 heteroatoms. The van der Waals surface area contributed by atoms with Gasteiger partial charge in [0, 0.05) is 94.8 Å². The number of likely N-dealkylation sites (tertiary alicyclic amines) is 6. The Morgan fingerprint density at radius 2 is 0.857 bits per heavy atom. The standard InChI is InChI=1S/C54H74N6O3/c1-40(2)49(61)58-31-16-29-53(58)38-56(35-45-20-11-7-12-21-45)47(53)26-25-42(4)51(63)60-33-17-30-54(60)39-57(36-46-22-13-8-14-23-46)48(54)27-24-41(3)50(62)59-32-15-28-52(59)37-55(43(52)5)34-44-18-9-6-10-19-44/h6-14,18-23,40-43,47-48H,15-17,24-39H2,1-5H3. The molecular weight excluding hydrogens is 781 g/mol. The smallest absolute Gasteiger partial charge is 0.225 e. The van der Waals surface area contributed by atoms with Crippen LogP contribution in [-0.4, -0.2) is 121 Å². The van der Waals surface area contributed by atoms with Gasteiger partial charge in [-0.2, -0.15) is 0 Å². The van der Waals surface area contributed by atoms with Gasteiger partial charge in [-0.1, -0.05) is 119 Å². The predicted octanol–water partition coefficient (Wildman–Crippen LogP) is 8.23. The molecule has 63 heavy (non-hydrogen) atoms. The SMILES string of the molecule is CC(C)C(=O)N1CCCC12CN(Cc1ccccc1)C2CCC(C)C(=O)N1CCCC12CN(Cc1ccccc1)C2CCC(C)C(=O)N1CCCC12CN(Cc1ccccc1)C2C. The first-order valence-electron chi connectivity index (χ1n) is 24.7. The third-order valence-corrected chi connectivity index (χ3v) is 17.0. The highest BCUT2D eigenvalue weighted by Crippen LogP contribution is 2.50. The van der Waals surface area contributed by atoms with Crippen LogP contribution in [-0.2, 0) is 34.0 Å². The summed E-state index contributed by atoms with van der Waals surface area (Å²) in [6, 6.07) is 33.0. The van der Waals surface area contributed by atoms with Gasteiger partial charge in [-0.3, -0.25) is 29.1 Å². The molecule has 8 unspecified atom stereocenters. The summed E-state index contributed by atoms with van der Waals surface area (Å²) in [4.78, 5) is 57.6.